The molecule has 0 aromatic carbocycles. The zero-order valence-corrected chi connectivity index (χ0v) is 17.9. The molecule has 0 radical (unpaired) electrons. The number of thiophene rings is 1. The van der Waals surface area contributed by atoms with E-state index >= 15 is 0 Å². The Morgan fingerprint density at radius 1 is 1.32 bits per heavy atom. The molecule has 0 unspecified atom stereocenters. The lowest BCUT2D eigenvalue weighted by Crippen LogP contribution is -2.40. The second-order valence-electron chi connectivity index (χ2n) is 7.54. The number of guanidine groups is 1. The van der Waals surface area contributed by atoms with Gasteiger partial charge in [-0.3, -0.25) is 4.79 Å². The molecule has 1 aromatic heterocycles. The minimum absolute atomic E-state index is 0.0923. The van der Waals surface area contributed by atoms with E-state index in [4.69, 9.17) is 4.74 Å². The van der Waals surface area contributed by atoms with Crippen molar-refractivity contribution in [1.82, 2.24) is 15.5 Å². The van der Waals surface area contributed by atoms with Crippen LogP contribution in [0.1, 0.15) is 55.9 Å². The predicted octanol–water partition coefficient (Wildman–Crippen LogP) is 2.93. The van der Waals surface area contributed by atoms with Crippen molar-refractivity contribution >= 4 is 23.2 Å². The van der Waals surface area contributed by atoms with Crippen molar-refractivity contribution in [3.8, 4) is 0 Å². The maximum atomic E-state index is 12.5. The molecule has 28 heavy (non-hydrogen) atoms. The molecule has 1 fully saturated rings. The Bertz CT molecular complexity index is 640. The van der Waals surface area contributed by atoms with Gasteiger partial charge in [0, 0.05) is 37.7 Å². The maximum absolute atomic E-state index is 12.5. The van der Waals surface area contributed by atoms with Crippen LogP contribution in [0.2, 0.25) is 0 Å². The van der Waals surface area contributed by atoms with Crippen LogP contribution in [0, 0.1) is 0 Å². The molecule has 6 nitrogen and oxygen atoms in total. The minimum atomic E-state index is 0.0923. The first-order valence-electron chi connectivity index (χ1n) is 10.7. The van der Waals surface area contributed by atoms with E-state index in [1.54, 1.807) is 11.3 Å². The van der Waals surface area contributed by atoms with Gasteiger partial charge in [0.15, 0.2) is 5.96 Å². The number of carbonyl (C=O) groups excluding carboxylic acids is 1. The van der Waals surface area contributed by atoms with Crippen LogP contribution in [0.5, 0.6) is 0 Å². The average Bonchev–Trinajstić information content (AvgIpc) is 3.20. The van der Waals surface area contributed by atoms with Gasteiger partial charge in [-0.05, 0) is 49.6 Å². The van der Waals surface area contributed by atoms with Crippen molar-refractivity contribution in [3.63, 3.8) is 0 Å². The summed E-state index contributed by atoms with van der Waals surface area (Å²) in [6.45, 7) is 6.10. The number of amides is 1. The largest absolute Gasteiger partial charge is 0.378 e. The van der Waals surface area contributed by atoms with Crippen LogP contribution < -0.4 is 10.6 Å². The van der Waals surface area contributed by atoms with Gasteiger partial charge in [0.25, 0.3) is 0 Å². The Morgan fingerprint density at radius 2 is 2.18 bits per heavy atom. The SMILES string of the molecule is CCNC(=NCC(=O)N1CCc2sccc2C1)NCCCOC1CCCCC1. The van der Waals surface area contributed by atoms with Gasteiger partial charge in [-0.25, -0.2) is 4.99 Å². The van der Waals surface area contributed by atoms with E-state index in [0.29, 0.717) is 12.1 Å². The molecular weight excluding hydrogens is 372 g/mol. The highest BCUT2D eigenvalue weighted by atomic mass is 32.1. The topological polar surface area (TPSA) is 66.0 Å². The summed E-state index contributed by atoms with van der Waals surface area (Å²) in [7, 11) is 0. The molecule has 0 bridgehead atoms. The first-order chi connectivity index (χ1) is 13.8. The second-order valence-corrected chi connectivity index (χ2v) is 8.54. The molecule has 2 aliphatic rings. The van der Waals surface area contributed by atoms with E-state index in [0.717, 1.165) is 45.6 Å². The minimum Gasteiger partial charge on any atom is -0.378 e. The molecule has 0 atom stereocenters. The molecule has 3 rings (SSSR count). The highest BCUT2D eigenvalue weighted by molar-refractivity contribution is 7.10. The van der Waals surface area contributed by atoms with Crippen molar-refractivity contribution in [2.75, 3.05) is 32.8 Å². The number of hydrogen-bond donors (Lipinski definition) is 2. The Kier molecular flexibility index (Phi) is 8.61. The van der Waals surface area contributed by atoms with Gasteiger partial charge < -0.3 is 20.3 Å². The van der Waals surface area contributed by atoms with Crippen LogP contribution in [0.3, 0.4) is 0 Å². The third kappa shape index (κ3) is 6.48. The average molecular weight is 407 g/mol. The Balaban J connectivity index is 1.36. The zero-order valence-electron chi connectivity index (χ0n) is 17.0. The summed E-state index contributed by atoms with van der Waals surface area (Å²) in [4.78, 5) is 20.4. The van der Waals surface area contributed by atoms with Crippen LogP contribution in [-0.4, -0.2) is 55.7 Å². The van der Waals surface area contributed by atoms with E-state index < -0.39 is 0 Å². The summed E-state index contributed by atoms with van der Waals surface area (Å²) in [5.41, 5.74) is 1.29. The fourth-order valence-electron chi connectivity index (χ4n) is 3.81. The lowest BCUT2D eigenvalue weighted by Gasteiger charge is -2.26. The van der Waals surface area contributed by atoms with Crippen LogP contribution in [0.15, 0.2) is 16.4 Å². The second kappa shape index (κ2) is 11.4. The van der Waals surface area contributed by atoms with Crippen LogP contribution in [0.4, 0.5) is 0 Å². The summed E-state index contributed by atoms with van der Waals surface area (Å²) in [5, 5.41) is 8.65. The number of rotatable bonds is 8. The molecule has 7 heteroatoms. The number of nitrogens with one attached hydrogen (secondary N) is 2. The third-order valence-corrected chi connectivity index (χ3v) is 6.42. The van der Waals surface area contributed by atoms with E-state index in [1.807, 2.05) is 11.8 Å². The molecule has 2 N–H and O–H groups in total. The summed E-state index contributed by atoms with van der Waals surface area (Å²) in [5.74, 6) is 0.802. The molecule has 2 heterocycles. The fraction of sp³-hybridized carbons (Fsp3) is 0.714. The van der Waals surface area contributed by atoms with E-state index in [2.05, 4.69) is 27.1 Å². The standard InChI is InChI=1S/C21H34N4O2S/c1-2-22-21(23-11-6-13-27-18-7-4-3-5-8-18)24-15-20(26)25-12-9-19-17(16-25)10-14-28-19/h10,14,18H,2-9,11-13,15-16H2,1H3,(H2,22,23,24). The lowest BCUT2D eigenvalue weighted by molar-refractivity contribution is -0.130. The zero-order chi connectivity index (χ0) is 19.6. The lowest BCUT2D eigenvalue weighted by atomic mass is 9.98. The molecule has 0 spiro atoms. The van der Waals surface area contributed by atoms with Gasteiger partial charge in [-0.1, -0.05) is 19.3 Å². The first kappa shape index (κ1) is 21.1. The Morgan fingerprint density at radius 3 is 3.00 bits per heavy atom. The molecule has 1 aliphatic heterocycles. The number of hydrogen-bond acceptors (Lipinski definition) is 4. The van der Waals surface area contributed by atoms with Crippen molar-refractivity contribution in [3.05, 3.63) is 21.9 Å². The first-order valence-corrected chi connectivity index (χ1v) is 11.6. The summed E-state index contributed by atoms with van der Waals surface area (Å²) in [6, 6.07) is 2.13. The van der Waals surface area contributed by atoms with Crippen LogP contribution >= 0.6 is 11.3 Å². The number of carbonyl (C=O) groups is 1. The normalized spacial score (nSPS) is 18.0. The third-order valence-electron chi connectivity index (χ3n) is 5.40. The number of fused-ring (bicyclic) bond motifs is 1. The molecule has 1 amide bonds. The monoisotopic (exact) mass is 406 g/mol. The van der Waals surface area contributed by atoms with Crippen molar-refractivity contribution in [1.29, 1.82) is 0 Å². The van der Waals surface area contributed by atoms with Crippen LogP contribution in [-0.2, 0) is 22.5 Å². The van der Waals surface area contributed by atoms with Gasteiger partial charge in [0.05, 0.1) is 6.10 Å². The highest BCUT2D eigenvalue weighted by Gasteiger charge is 2.21. The van der Waals surface area contributed by atoms with Crippen LogP contribution in [0.25, 0.3) is 0 Å². The fourth-order valence-corrected chi connectivity index (χ4v) is 4.70. The van der Waals surface area contributed by atoms with Gasteiger partial charge >= 0.3 is 0 Å². The molecular formula is C21H34N4O2S. The molecule has 1 saturated carbocycles. The Hall–Kier alpha value is -1.60. The molecule has 1 aromatic rings. The number of aliphatic imine (C=N–C) groups is 1. The molecule has 0 saturated heterocycles. The van der Waals surface area contributed by atoms with Gasteiger partial charge in [0.2, 0.25) is 5.91 Å². The quantitative estimate of drug-likeness (QED) is 0.396. The number of nitrogens with zero attached hydrogens (tertiary/aromatic N) is 2. The summed E-state index contributed by atoms with van der Waals surface area (Å²) in [6.07, 6.45) is 8.75. The van der Waals surface area contributed by atoms with E-state index in [9.17, 15) is 4.79 Å². The van der Waals surface area contributed by atoms with Gasteiger partial charge in [0.1, 0.15) is 6.54 Å². The molecule has 1 aliphatic carbocycles. The van der Waals surface area contributed by atoms with Gasteiger partial charge in [-0.15, -0.1) is 11.3 Å². The van der Waals surface area contributed by atoms with Crippen molar-refractivity contribution in [2.24, 2.45) is 4.99 Å². The van der Waals surface area contributed by atoms with Gasteiger partial charge in [-0.2, -0.15) is 0 Å². The number of ether oxygens (including phenoxy) is 1. The smallest absolute Gasteiger partial charge is 0.244 e. The van der Waals surface area contributed by atoms with Crippen molar-refractivity contribution < 1.29 is 9.53 Å². The predicted molar refractivity (Wildman–Crippen MR) is 115 cm³/mol. The Labute approximate surface area is 172 Å². The maximum Gasteiger partial charge on any atom is 0.244 e. The van der Waals surface area contributed by atoms with E-state index in [-0.39, 0.29) is 12.5 Å². The van der Waals surface area contributed by atoms with E-state index in [1.165, 1.54) is 42.5 Å². The molecule has 156 valence electrons. The van der Waals surface area contributed by atoms with Crippen molar-refractivity contribution in [2.45, 2.75) is 64.5 Å². The highest BCUT2D eigenvalue weighted by Crippen LogP contribution is 2.24. The summed E-state index contributed by atoms with van der Waals surface area (Å²) >= 11 is 1.79. The summed E-state index contributed by atoms with van der Waals surface area (Å²) < 4.78 is 5.96.